The van der Waals surface area contributed by atoms with E-state index >= 15 is 0 Å². The van der Waals surface area contributed by atoms with Gasteiger partial charge in [0.05, 0.1) is 13.0 Å². The highest BCUT2D eigenvalue weighted by molar-refractivity contribution is 9.10. The molecule has 2 amide bonds. The van der Waals surface area contributed by atoms with Gasteiger partial charge in [-0.3, -0.25) is 14.9 Å². The van der Waals surface area contributed by atoms with Gasteiger partial charge in [0.15, 0.2) is 0 Å². The van der Waals surface area contributed by atoms with Crippen LogP contribution < -0.4 is 10.1 Å². The van der Waals surface area contributed by atoms with Crippen molar-refractivity contribution in [3.63, 3.8) is 0 Å². The number of carbonyl (C=O) groups excluding carboxylic acids is 2. The van der Waals surface area contributed by atoms with Gasteiger partial charge in [-0.2, -0.15) is 0 Å². The van der Waals surface area contributed by atoms with E-state index in [0.717, 1.165) is 0 Å². The van der Waals surface area contributed by atoms with Crippen molar-refractivity contribution < 1.29 is 14.3 Å². The van der Waals surface area contributed by atoms with Crippen LogP contribution in [0.25, 0.3) is 0 Å². The van der Waals surface area contributed by atoms with E-state index < -0.39 is 10.7 Å². The highest BCUT2D eigenvalue weighted by Gasteiger charge is 2.41. The molecule has 1 heterocycles. The predicted octanol–water partition coefficient (Wildman–Crippen LogP) is 1.85. The molecule has 0 aliphatic carbocycles. The molecule has 1 N–H and O–H groups in total. The van der Waals surface area contributed by atoms with E-state index in [0.29, 0.717) is 16.3 Å². The number of imide groups is 1. The molecule has 1 saturated heterocycles. The van der Waals surface area contributed by atoms with E-state index in [1.165, 1.54) is 7.11 Å². The first kappa shape index (κ1) is 12.4. The van der Waals surface area contributed by atoms with Gasteiger partial charge in [0.25, 0.3) is 0 Å². The first-order valence-electron chi connectivity index (χ1n) is 4.87. The van der Waals surface area contributed by atoms with Crippen LogP contribution in [-0.2, 0) is 9.59 Å². The largest absolute Gasteiger partial charge is 0.497 e. The van der Waals surface area contributed by atoms with Crippen molar-refractivity contribution in [2.24, 2.45) is 0 Å². The minimum Gasteiger partial charge on any atom is -0.497 e. The van der Waals surface area contributed by atoms with Gasteiger partial charge in [-0.15, -0.1) is 0 Å². The summed E-state index contributed by atoms with van der Waals surface area (Å²) in [4.78, 5) is 22.5. The lowest BCUT2D eigenvalue weighted by Gasteiger charge is -2.13. The lowest BCUT2D eigenvalue weighted by molar-refractivity contribution is -0.125. The number of hydrogen-bond donors (Lipinski definition) is 1. The van der Waals surface area contributed by atoms with E-state index in [-0.39, 0.29) is 11.8 Å². The number of halogens is 2. The summed E-state index contributed by atoms with van der Waals surface area (Å²) in [6, 6.07) is 5.01. The molecule has 0 bridgehead atoms. The van der Waals surface area contributed by atoms with Crippen LogP contribution in [0.1, 0.15) is 11.5 Å². The van der Waals surface area contributed by atoms with Crippen molar-refractivity contribution in [2.75, 3.05) is 7.11 Å². The number of benzene rings is 1. The van der Waals surface area contributed by atoms with Gasteiger partial charge in [0.2, 0.25) is 11.8 Å². The molecule has 0 saturated carbocycles. The second-order valence-electron chi connectivity index (χ2n) is 3.62. The Balaban J connectivity index is 2.46. The van der Waals surface area contributed by atoms with Crippen LogP contribution in [-0.4, -0.2) is 23.8 Å². The van der Waals surface area contributed by atoms with E-state index in [9.17, 15) is 9.59 Å². The molecular formula is C11H9BrClNO3. The Bertz CT molecular complexity index is 492. The third kappa shape index (κ3) is 2.17. The molecule has 2 atom stereocenters. The number of rotatable bonds is 2. The smallest absolute Gasteiger partial charge is 0.241 e. The average molecular weight is 319 g/mol. The third-order valence-electron chi connectivity index (χ3n) is 2.61. The maximum absolute atomic E-state index is 11.7. The molecule has 17 heavy (non-hydrogen) atoms. The van der Waals surface area contributed by atoms with Crippen LogP contribution in [0.3, 0.4) is 0 Å². The van der Waals surface area contributed by atoms with E-state index in [2.05, 4.69) is 21.2 Å². The first-order chi connectivity index (χ1) is 8.04. The second kappa shape index (κ2) is 4.66. The monoisotopic (exact) mass is 317 g/mol. The van der Waals surface area contributed by atoms with Gasteiger partial charge in [-0.1, -0.05) is 27.5 Å². The van der Waals surface area contributed by atoms with Crippen molar-refractivity contribution >= 4 is 39.3 Å². The fourth-order valence-electron chi connectivity index (χ4n) is 1.74. The molecule has 0 spiro atoms. The lowest BCUT2D eigenvalue weighted by Crippen LogP contribution is -2.22. The van der Waals surface area contributed by atoms with Crippen LogP contribution in [0.15, 0.2) is 18.2 Å². The summed E-state index contributed by atoms with van der Waals surface area (Å²) in [5, 5.41) is 2.69. The summed E-state index contributed by atoms with van der Waals surface area (Å²) in [5.74, 6) is -0.729. The molecule has 6 heteroatoms. The summed E-state index contributed by atoms with van der Waals surface area (Å²) in [7, 11) is 1.53. The normalized spacial score (nSPS) is 23.7. The minimum absolute atomic E-state index is 0.348. The van der Waals surface area contributed by atoms with Gasteiger partial charge in [0, 0.05) is 5.02 Å². The highest BCUT2D eigenvalue weighted by atomic mass is 79.9. The first-order valence-corrected chi connectivity index (χ1v) is 6.16. The van der Waals surface area contributed by atoms with Crippen molar-refractivity contribution in [3.8, 4) is 5.75 Å². The number of amides is 2. The quantitative estimate of drug-likeness (QED) is 0.669. The summed E-state index contributed by atoms with van der Waals surface area (Å²) in [6.07, 6.45) is 0. The molecule has 1 aromatic rings. The van der Waals surface area contributed by atoms with Crippen LogP contribution in [0, 0.1) is 0 Å². The Morgan fingerprint density at radius 1 is 1.35 bits per heavy atom. The van der Waals surface area contributed by atoms with Crippen LogP contribution in [0.2, 0.25) is 5.02 Å². The highest BCUT2D eigenvalue weighted by Crippen LogP contribution is 2.36. The van der Waals surface area contributed by atoms with Crippen LogP contribution in [0.4, 0.5) is 0 Å². The van der Waals surface area contributed by atoms with Gasteiger partial charge in [-0.25, -0.2) is 0 Å². The summed E-state index contributed by atoms with van der Waals surface area (Å²) in [6.45, 7) is 0. The molecule has 2 unspecified atom stereocenters. The Kier molecular flexibility index (Phi) is 3.40. The van der Waals surface area contributed by atoms with Crippen LogP contribution >= 0.6 is 27.5 Å². The molecule has 1 fully saturated rings. The van der Waals surface area contributed by atoms with Crippen molar-refractivity contribution in [1.29, 1.82) is 0 Å². The van der Waals surface area contributed by atoms with Gasteiger partial charge in [0.1, 0.15) is 10.6 Å². The number of methoxy groups -OCH3 is 1. The molecule has 90 valence electrons. The Labute approximate surface area is 111 Å². The zero-order chi connectivity index (χ0) is 12.6. The van der Waals surface area contributed by atoms with E-state index in [1.54, 1.807) is 18.2 Å². The summed E-state index contributed by atoms with van der Waals surface area (Å²) >= 11 is 9.24. The predicted molar refractivity (Wildman–Crippen MR) is 66.6 cm³/mol. The summed E-state index contributed by atoms with van der Waals surface area (Å²) < 4.78 is 5.08. The Hall–Kier alpha value is -1.07. The number of hydrogen-bond acceptors (Lipinski definition) is 3. The van der Waals surface area contributed by atoms with Gasteiger partial charge in [-0.05, 0) is 23.8 Å². The summed E-state index contributed by atoms with van der Waals surface area (Å²) in [5.41, 5.74) is 0.580. The topological polar surface area (TPSA) is 55.4 Å². The lowest BCUT2D eigenvalue weighted by atomic mass is 9.97. The molecule has 1 aromatic carbocycles. The molecule has 1 aliphatic heterocycles. The fourth-order valence-corrected chi connectivity index (χ4v) is 2.61. The number of carbonyl (C=O) groups is 2. The van der Waals surface area contributed by atoms with Gasteiger partial charge >= 0.3 is 0 Å². The van der Waals surface area contributed by atoms with E-state index in [4.69, 9.17) is 16.3 Å². The average Bonchev–Trinajstić information content (AvgIpc) is 2.55. The Morgan fingerprint density at radius 3 is 2.59 bits per heavy atom. The Morgan fingerprint density at radius 2 is 2.06 bits per heavy atom. The number of alkyl halides is 1. The third-order valence-corrected chi connectivity index (χ3v) is 3.90. The second-order valence-corrected chi connectivity index (χ2v) is 5.01. The van der Waals surface area contributed by atoms with Gasteiger partial charge < -0.3 is 4.74 Å². The standard InChI is InChI=1S/C11H9BrClNO3/c1-17-5-2-3-7(13)6(4-5)8-9(12)11(16)14-10(8)15/h2-4,8-9H,1H3,(H,14,15,16). The minimum atomic E-state index is -0.620. The molecule has 0 radical (unpaired) electrons. The van der Waals surface area contributed by atoms with E-state index in [1.807, 2.05) is 0 Å². The molecule has 4 nitrogen and oxygen atoms in total. The SMILES string of the molecule is COc1ccc(Cl)c(C2C(=O)NC(=O)C2Br)c1. The fraction of sp³-hybridized carbons (Fsp3) is 0.273. The number of ether oxygens (including phenoxy) is 1. The van der Waals surface area contributed by atoms with Crippen LogP contribution in [0.5, 0.6) is 5.75 Å². The van der Waals surface area contributed by atoms with Crippen molar-refractivity contribution in [1.82, 2.24) is 5.32 Å². The maximum atomic E-state index is 11.7. The zero-order valence-corrected chi connectivity index (χ0v) is 11.2. The van der Waals surface area contributed by atoms with Crippen molar-refractivity contribution in [3.05, 3.63) is 28.8 Å². The molecule has 0 aromatic heterocycles. The molecule has 2 rings (SSSR count). The zero-order valence-electron chi connectivity index (χ0n) is 8.87. The number of nitrogens with one attached hydrogen (secondary N) is 1. The molecular weight excluding hydrogens is 309 g/mol. The maximum Gasteiger partial charge on any atom is 0.241 e. The molecule has 1 aliphatic rings. The van der Waals surface area contributed by atoms with Crippen molar-refractivity contribution in [2.45, 2.75) is 10.7 Å².